The van der Waals surface area contributed by atoms with Crippen molar-refractivity contribution >= 4 is 0 Å². The summed E-state index contributed by atoms with van der Waals surface area (Å²) < 4.78 is 37.8. The summed E-state index contributed by atoms with van der Waals surface area (Å²) in [5.74, 6) is 0. The lowest BCUT2D eigenvalue weighted by molar-refractivity contribution is -0.137. The fraction of sp³-hybridized carbons (Fsp3) is 0.571. The molecule has 19 heavy (non-hydrogen) atoms. The smallest absolute Gasteiger partial charge is 0.390 e. The number of hydrogen-bond donors (Lipinski definition) is 2. The number of benzene rings is 1. The van der Waals surface area contributed by atoms with Crippen molar-refractivity contribution in [1.82, 2.24) is 0 Å². The van der Waals surface area contributed by atoms with Crippen molar-refractivity contribution in [2.75, 3.05) is 0 Å². The van der Waals surface area contributed by atoms with Gasteiger partial charge in [-0.05, 0) is 37.3 Å². The first-order chi connectivity index (χ1) is 8.78. The lowest BCUT2D eigenvalue weighted by Crippen LogP contribution is -2.40. The quantitative estimate of drug-likeness (QED) is 0.870. The number of hydrogen-bond acceptors (Lipinski definition) is 2. The second kappa shape index (κ2) is 5.13. The minimum Gasteiger partial charge on any atom is -0.390 e. The fourth-order valence-electron chi connectivity index (χ4n) is 2.59. The predicted octanol–water partition coefficient (Wildman–Crippen LogP) is 2.88. The Kier molecular flexibility index (Phi) is 3.87. The Morgan fingerprint density at radius 1 is 1.26 bits per heavy atom. The van der Waals surface area contributed by atoms with Crippen molar-refractivity contribution in [3.63, 3.8) is 0 Å². The molecule has 0 saturated heterocycles. The molecule has 0 heterocycles. The third-order valence-corrected chi connectivity index (χ3v) is 3.75. The monoisotopic (exact) mass is 273 g/mol. The van der Waals surface area contributed by atoms with E-state index in [0.717, 1.165) is 25.0 Å². The Morgan fingerprint density at radius 2 is 1.89 bits per heavy atom. The van der Waals surface area contributed by atoms with Crippen molar-refractivity contribution in [3.8, 4) is 0 Å². The van der Waals surface area contributed by atoms with E-state index < -0.39 is 17.3 Å². The predicted molar refractivity (Wildman–Crippen MR) is 66.5 cm³/mol. The highest BCUT2D eigenvalue weighted by Gasteiger charge is 2.34. The van der Waals surface area contributed by atoms with Crippen LogP contribution in [0.1, 0.15) is 36.8 Å². The van der Waals surface area contributed by atoms with E-state index in [1.165, 1.54) is 6.07 Å². The second-order valence-electron chi connectivity index (χ2n) is 5.44. The van der Waals surface area contributed by atoms with Crippen molar-refractivity contribution in [2.24, 2.45) is 5.73 Å². The van der Waals surface area contributed by atoms with Crippen molar-refractivity contribution in [1.29, 1.82) is 0 Å². The summed E-state index contributed by atoms with van der Waals surface area (Å²) in [6, 6.07) is 5.27. The molecule has 1 aromatic carbocycles. The molecule has 0 aliphatic heterocycles. The normalized spacial score (nSPS) is 28.4. The topological polar surface area (TPSA) is 46.2 Å². The maximum Gasteiger partial charge on any atom is 0.416 e. The van der Waals surface area contributed by atoms with Gasteiger partial charge < -0.3 is 10.8 Å². The van der Waals surface area contributed by atoms with Gasteiger partial charge in [0, 0.05) is 12.5 Å². The molecule has 1 aromatic rings. The van der Waals surface area contributed by atoms with Gasteiger partial charge in [-0.1, -0.05) is 18.2 Å². The van der Waals surface area contributed by atoms with Gasteiger partial charge in [0.05, 0.1) is 11.2 Å². The van der Waals surface area contributed by atoms with Crippen LogP contribution in [0.15, 0.2) is 24.3 Å². The second-order valence-corrected chi connectivity index (χ2v) is 5.44. The van der Waals surface area contributed by atoms with Gasteiger partial charge in [-0.2, -0.15) is 13.2 Å². The molecule has 1 aliphatic carbocycles. The van der Waals surface area contributed by atoms with Gasteiger partial charge in [-0.15, -0.1) is 0 Å². The summed E-state index contributed by atoms with van der Waals surface area (Å²) in [4.78, 5) is 0. The van der Waals surface area contributed by atoms with E-state index in [4.69, 9.17) is 5.73 Å². The Morgan fingerprint density at radius 3 is 2.47 bits per heavy atom. The molecule has 0 spiro atoms. The van der Waals surface area contributed by atoms with E-state index in [1.54, 1.807) is 6.07 Å². The van der Waals surface area contributed by atoms with E-state index in [0.29, 0.717) is 18.4 Å². The van der Waals surface area contributed by atoms with Crippen LogP contribution in [-0.2, 0) is 12.6 Å². The summed E-state index contributed by atoms with van der Waals surface area (Å²) >= 11 is 0. The molecule has 0 radical (unpaired) electrons. The van der Waals surface area contributed by atoms with Gasteiger partial charge in [-0.25, -0.2) is 0 Å². The Balaban J connectivity index is 2.11. The minimum atomic E-state index is -4.34. The van der Waals surface area contributed by atoms with E-state index >= 15 is 0 Å². The Bertz CT molecular complexity index is 437. The summed E-state index contributed by atoms with van der Waals surface area (Å²) in [6.45, 7) is 0. The van der Waals surface area contributed by atoms with Crippen LogP contribution in [0, 0.1) is 0 Å². The van der Waals surface area contributed by atoms with Crippen LogP contribution in [0.5, 0.6) is 0 Å². The molecule has 0 atom stereocenters. The molecule has 0 bridgehead atoms. The van der Waals surface area contributed by atoms with Crippen LogP contribution < -0.4 is 5.73 Å². The van der Waals surface area contributed by atoms with Crippen LogP contribution in [-0.4, -0.2) is 16.7 Å². The highest BCUT2D eigenvalue weighted by Crippen LogP contribution is 2.33. The van der Waals surface area contributed by atoms with Gasteiger partial charge in [-0.3, -0.25) is 0 Å². The van der Waals surface area contributed by atoms with Crippen LogP contribution in [0.3, 0.4) is 0 Å². The zero-order valence-corrected chi connectivity index (χ0v) is 10.6. The molecule has 1 saturated carbocycles. The number of nitrogens with two attached hydrogens (primary N) is 1. The van der Waals surface area contributed by atoms with Gasteiger partial charge in [0.25, 0.3) is 0 Å². The lowest BCUT2D eigenvalue weighted by Gasteiger charge is -2.35. The average Bonchev–Trinajstić information content (AvgIpc) is 2.33. The molecule has 3 N–H and O–H groups in total. The molecule has 106 valence electrons. The number of aliphatic hydroxyl groups is 1. The number of alkyl halides is 3. The summed E-state index contributed by atoms with van der Waals surface area (Å²) in [7, 11) is 0. The van der Waals surface area contributed by atoms with Gasteiger partial charge in [0.2, 0.25) is 0 Å². The third-order valence-electron chi connectivity index (χ3n) is 3.75. The highest BCUT2D eigenvalue weighted by atomic mass is 19.4. The fourth-order valence-corrected chi connectivity index (χ4v) is 2.59. The lowest BCUT2D eigenvalue weighted by atomic mass is 9.78. The van der Waals surface area contributed by atoms with Crippen molar-refractivity contribution in [2.45, 2.75) is 49.9 Å². The number of rotatable bonds is 2. The van der Waals surface area contributed by atoms with E-state index in [2.05, 4.69) is 0 Å². The van der Waals surface area contributed by atoms with Crippen LogP contribution in [0.2, 0.25) is 0 Å². The average molecular weight is 273 g/mol. The molecule has 0 amide bonds. The van der Waals surface area contributed by atoms with Gasteiger partial charge >= 0.3 is 6.18 Å². The molecule has 0 aromatic heterocycles. The Labute approximate surface area is 110 Å². The molecule has 2 nitrogen and oxygen atoms in total. The summed E-state index contributed by atoms with van der Waals surface area (Å²) in [5, 5.41) is 10.4. The molecule has 1 fully saturated rings. The molecule has 0 unspecified atom stereocenters. The largest absolute Gasteiger partial charge is 0.416 e. The maximum atomic E-state index is 12.6. The summed E-state index contributed by atoms with van der Waals surface area (Å²) in [6.07, 6.45) is -1.56. The van der Waals surface area contributed by atoms with Crippen LogP contribution >= 0.6 is 0 Å². The van der Waals surface area contributed by atoms with E-state index in [9.17, 15) is 18.3 Å². The molecular formula is C14H18F3NO. The highest BCUT2D eigenvalue weighted by molar-refractivity contribution is 5.27. The first-order valence-corrected chi connectivity index (χ1v) is 6.43. The first-order valence-electron chi connectivity index (χ1n) is 6.43. The zero-order chi connectivity index (χ0) is 14.1. The zero-order valence-electron chi connectivity index (χ0n) is 10.6. The summed E-state index contributed by atoms with van der Waals surface area (Å²) in [5.41, 5.74) is 4.71. The third kappa shape index (κ3) is 3.70. The van der Waals surface area contributed by atoms with E-state index in [-0.39, 0.29) is 12.5 Å². The molecule has 5 heteroatoms. The molecule has 1 aliphatic rings. The van der Waals surface area contributed by atoms with E-state index in [1.807, 2.05) is 0 Å². The van der Waals surface area contributed by atoms with Gasteiger partial charge in [0.1, 0.15) is 0 Å². The van der Waals surface area contributed by atoms with Gasteiger partial charge in [0.15, 0.2) is 0 Å². The van der Waals surface area contributed by atoms with Crippen molar-refractivity contribution < 1.29 is 18.3 Å². The Hall–Kier alpha value is -1.07. The first kappa shape index (κ1) is 14.3. The SMILES string of the molecule is NC1CCC(O)(Cc2cccc(C(F)(F)F)c2)CC1. The minimum absolute atomic E-state index is 0.0989. The van der Waals surface area contributed by atoms with Crippen molar-refractivity contribution in [3.05, 3.63) is 35.4 Å². The molecular weight excluding hydrogens is 255 g/mol. The number of halogens is 3. The standard InChI is InChI=1S/C14H18F3NO/c15-14(16,17)11-3-1-2-10(8-11)9-13(19)6-4-12(18)5-7-13/h1-3,8,12,19H,4-7,9,18H2. The van der Waals surface area contributed by atoms with Crippen LogP contribution in [0.25, 0.3) is 0 Å². The van der Waals surface area contributed by atoms with Crippen LogP contribution in [0.4, 0.5) is 13.2 Å². The maximum absolute atomic E-state index is 12.6. The molecule has 2 rings (SSSR count).